The lowest BCUT2D eigenvalue weighted by Crippen LogP contribution is -2.32. The van der Waals surface area contributed by atoms with Gasteiger partial charge in [0.1, 0.15) is 0 Å². The molecule has 16 heavy (non-hydrogen) atoms. The molecule has 1 aromatic heterocycles. The van der Waals surface area contributed by atoms with Gasteiger partial charge in [-0.1, -0.05) is 6.07 Å². The van der Waals surface area contributed by atoms with Crippen LogP contribution in [-0.2, 0) is 16.6 Å². The van der Waals surface area contributed by atoms with Crippen LogP contribution in [0.3, 0.4) is 0 Å². The summed E-state index contributed by atoms with van der Waals surface area (Å²) in [6.07, 6.45) is 2.37. The van der Waals surface area contributed by atoms with Gasteiger partial charge in [0.15, 0.2) is 0 Å². The minimum Gasteiger partial charge on any atom is -0.313 e. The summed E-state index contributed by atoms with van der Waals surface area (Å²) in [5, 5.41) is 5.13. The molecular weight excluding hydrogens is 244 g/mol. The van der Waals surface area contributed by atoms with E-state index in [1.807, 2.05) is 17.5 Å². The van der Waals surface area contributed by atoms with Crippen LogP contribution in [0, 0.1) is 0 Å². The first-order valence-corrected chi connectivity index (χ1v) is 7.92. The largest absolute Gasteiger partial charge is 0.313 e. The average Bonchev–Trinajstić information content (AvgIpc) is 2.91. The fourth-order valence-corrected chi connectivity index (χ4v) is 2.99. The summed E-state index contributed by atoms with van der Waals surface area (Å²) < 4.78 is 25.8. The van der Waals surface area contributed by atoms with Gasteiger partial charge in [0, 0.05) is 24.0 Å². The van der Waals surface area contributed by atoms with Gasteiger partial charge in [0.2, 0.25) is 10.0 Å². The molecule has 0 bridgehead atoms. The van der Waals surface area contributed by atoms with Gasteiger partial charge in [0.05, 0.1) is 5.75 Å². The number of hydrogen-bond acceptors (Lipinski definition) is 4. The molecule has 1 heterocycles. The normalized spacial score (nSPS) is 16.5. The van der Waals surface area contributed by atoms with E-state index in [-0.39, 0.29) is 5.75 Å². The van der Waals surface area contributed by atoms with E-state index >= 15 is 0 Å². The average molecular weight is 260 g/mol. The molecule has 0 amide bonds. The van der Waals surface area contributed by atoms with Gasteiger partial charge in [0.25, 0.3) is 0 Å². The lowest BCUT2D eigenvalue weighted by atomic mass is 10.5. The highest BCUT2D eigenvalue weighted by molar-refractivity contribution is 7.89. The summed E-state index contributed by atoms with van der Waals surface area (Å²) in [6, 6.07) is 4.41. The monoisotopic (exact) mass is 260 g/mol. The Kier molecular flexibility index (Phi) is 3.96. The molecule has 1 saturated carbocycles. The molecule has 1 aromatic rings. The number of rotatable bonds is 7. The molecule has 0 radical (unpaired) electrons. The summed E-state index contributed by atoms with van der Waals surface area (Å²) in [6.45, 7) is 0.952. The maximum atomic E-state index is 11.6. The fourth-order valence-electron chi connectivity index (χ4n) is 1.35. The standard InChI is InChI=1S/C10H16N2O2S2/c13-16(14,7-5-11-9-3-4-9)12-8-10-2-1-6-15-10/h1-2,6,9,11-12H,3-5,7-8H2. The van der Waals surface area contributed by atoms with Crippen molar-refractivity contribution in [3.8, 4) is 0 Å². The molecule has 1 aliphatic rings. The zero-order chi connectivity index (χ0) is 11.4. The first kappa shape index (κ1) is 12.0. The molecule has 0 aliphatic heterocycles. The van der Waals surface area contributed by atoms with Crippen LogP contribution < -0.4 is 10.0 Å². The van der Waals surface area contributed by atoms with E-state index in [9.17, 15) is 8.42 Å². The highest BCUT2D eigenvalue weighted by atomic mass is 32.2. The first-order valence-electron chi connectivity index (χ1n) is 5.39. The third-order valence-corrected chi connectivity index (χ3v) is 4.63. The van der Waals surface area contributed by atoms with Crippen LogP contribution in [0.5, 0.6) is 0 Å². The van der Waals surface area contributed by atoms with Crippen LogP contribution in [0.2, 0.25) is 0 Å². The van der Waals surface area contributed by atoms with Gasteiger partial charge in [-0.25, -0.2) is 13.1 Å². The third kappa shape index (κ3) is 4.21. The SMILES string of the molecule is O=S(=O)(CCNC1CC1)NCc1cccs1. The number of thiophene rings is 1. The number of hydrogen-bond donors (Lipinski definition) is 2. The quantitative estimate of drug-likeness (QED) is 0.766. The van der Waals surface area contributed by atoms with Crippen molar-refractivity contribution in [1.29, 1.82) is 0 Å². The molecule has 1 fully saturated rings. The van der Waals surface area contributed by atoms with E-state index in [0.717, 1.165) is 4.88 Å². The van der Waals surface area contributed by atoms with Gasteiger partial charge in [-0.05, 0) is 24.3 Å². The molecule has 2 N–H and O–H groups in total. The highest BCUT2D eigenvalue weighted by Gasteiger charge is 2.21. The Balaban J connectivity index is 1.69. The zero-order valence-corrected chi connectivity index (χ0v) is 10.6. The van der Waals surface area contributed by atoms with Crippen molar-refractivity contribution in [2.45, 2.75) is 25.4 Å². The minimum absolute atomic E-state index is 0.162. The Morgan fingerprint density at radius 2 is 2.25 bits per heavy atom. The summed E-state index contributed by atoms with van der Waals surface area (Å²) in [4.78, 5) is 1.04. The van der Waals surface area contributed by atoms with E-state index in [0.29, 0.717) is 19.1 Å². The van der Waals surface area contributed by atoms with E-state index in [1.54, 1.807) is 11.3 Å². The minimum atomic E-state index is -3.13. The molecule has 90 valence electrons. The second-order valence-corrected chi connectivity index (χ2v) is 6.91. The Hall–Kier alpha value is -0.430. The molecule has 0 unspecified atom stereocenters. The Morgan fingerprint density at radius 3 is 2.88 bits per heavy atom. The van der Waals surface area contributed by atoms with Crippen molar-refractivity contribution in [2.75, 3.05) is 12.3 Å². The van der Waals surface area contributed by atoms with E-state index in [2.05, 4.69) is 10.0 Å². The van der Waals surface area contributed by atoms with Crippen molar-refractivity contribution in [3.05, 3.63) is 22.4 Å². The van der Waals surface area contributed by atoms with Gasteiger partial charge >= 0.3 is 0 Å². The maximum absolute atomic E-state index is 11.6. The van der Waals surface area contributed by atoms with Gasteiger partial charge < -0.3 is 5.32 Å². The number of sulfonamides is 1. The summed E-state index contributed by atoms with van der Waals surface area (Å²) >= 11 is 1.56. The second-order valence-electron chi connectivity index (χ2n) is 3.95. The van der Waals surface area contributed by atoms with Crippen molar-refractivity contribution >= 4 is 21.4 Å². The van der Waals surface area contributed by atoms with Gasteiger partial charge in [-0.3, -0.25) is 0 Å². The van der Waals surface area contributed by atoms with Crippen molar-refractivity contribution < 1.29 is 8.42 Å². The van der Waals surface area contributed by atoms with Gasteiger partial charge in [-0.15, -0.1) is 11.3 Å². The topological polar surface area (TPSA) is 58.2 Å². The molecule has 2 rings (SSSR count). The molecule has 4 nitrogen and oxygen atoms in total. The third-order valence-electron chi connectivity index (χ3n) is 2.43. The maximum Gasteiger partial charge on any atom is 0.213 e. The second kappa shape index (κ2) is 5.27. The molecule has 0 aromatic carbocycles. The molecule has 0 spiro atoms. The molecule has 1 aliphatic carbocycles. The predicted molar refractivity (Wildman–Crippen MR) is 66.0 cm³/mol. The van der Waals surface area contributed by atoms with Crippen LogP contribution in [0.25, 0.3) is 0 Å². The number of nitrogens with one attached hydrogen (secondary N) is 2. The zero-order valence-electron chi connectivity index (χ0n) is 8.98. The van der Waals surface area contributed by atoms with E-state index < -0.39 is 10.0 Å². The highest BCUT2D eigenvalue weighted by Crippen LogP contribution is 2.18. The predicted octanol–water partition coefficient (Wildman–Crippen LogP) is 0.920. The summed E-state index contributed by atoms with van der Waals surface area (Å²) in [5.41, 5.74) is 0. The van der Waals surface area contributed by atoms with E-state index in [1.165, 1.54) is 12.8 Å². The fraction of sp³-hybridized carbons (Fsp3) is 0.600. The molecule has 0 saturated heterocycles. The van der Waals surface area contributed by atoms with Crippen molar-refractivity contribution in [3.63, 3.8) is 0 Å². The lowest BCUT2D eigenvalue weighted by Gasteiger charge is -2.06. The van der Waals surface area contributed by atoms with Crippen molar-refractivity contribution in [2.24, 2.45) is 0 Å². The van der Waals surface area contributed by atoms with Crippen LogP contribution in [0.15, 0.2) is 17.5 Å². The summed E-state index contributed by atoms with van der Waals surface area (Å²) in [5.74, 6) is 0.162. The van der Waals surface area contributed by atoms with Crippen LogP contribution in [0.4, 0.5) is 0 Å². The Labute approximate surface area is 100 Å². The van der Waals surface area contributed by atoms with Crippen LogP contribution in [0.1, 0.15) is 17.7 Å². The van der Waals surface area contributed by atoms with Crippen LogP contribution in [-0.4, -0.2) is 26.8 Å². The van der Waals surface area contributed by atoms with Crippen molar-refractivity contribution in [1.82, 2.24) is 10.0 Å². The smallest absolute Gasteiger partial charge is 0.213 e. The van der Waals surface area contributed by atoms with E-state index in [4.69, 9.17) is 0 Å². The molecular formula is C10H16N2O2S2. The lowest BCUT2D eigenvalue weighted by molar-refractivity contribution is 0.576. The summed E-state index contributed by atoms with van der Waals surface area (Å²) in [7, 11) is -3.13. The molecule has 0 atom stereocenters. The Bertz CT molecular complexity index is 410. The first-order chi connectivity index (χ1) is 7.66. The molecule has 6 heteroatoms. The Morgan fingerprint density at radius 1 is 1.44 bits per heavy atom. The van der Waals surface area contributed by atoms with Gasteiger partial charge in [-0.2, -0.15) is 0 Å². The van der Waals surface area contributed by atoms with Crippen LogP contribution >= 0.6 is 11.3 Å².